The number of rotatable bonds is 5. The number of ether oxygens (including phenoxy) is 2. The smallest absolute Gasteiger partial charge is 0.348 e. The molecular formula is C6H9F2NO8S2. The molecule has 1 amide bonds. The van der Waals surface area contributed by atoms with Crippen LogP contribution in [0.4, 0.5) is 8.78 Å². The molecule has 1 fully saturated rings. The highest BCUT2D eigenvalue weighted by molar-refractivity contribution is 8.65. The molecular weight excluding hydrogens is 316 g/mol. The van der Waals surface area contributed by atoms with Crippen molar-refractivity contribution in [3.8, 4) is 0 Å². The highest BCUT2D eigenvalue weighted by Gasteiger charge is 2.59. The van der Waals surface area contributed by atoms with E-state index in [-0.39, 0.29) is 13.2 Å². The summed E-state index contributed by atoms with van der Waals surface area (Å²) in [6.07, 6.45) is -1.03. The molecule has 112 valence electrons. The minimum atomic E-state index is -6.42. The van der Waals surface area contributed by atoms with Crippen LogP contribution in [0.5, 0.6) is 0 Å². The summed E-state index contributed by atoms with van der Waals surface area (Å²) in [7, 11) is -12.6. The van der Waals surface area contributed by atoms with Gasteiger partial charge in [0, 0.05) is 0 Å². The highest BCUT2D eigenvalue weighted by atomic mass is 33.2. The normalized spacial score (nSPS) is 18.5. The molecule has 9 nitrogen and oxygen atoms in total. The SMILES string of the molecule is O=C(NCC1OCCO1)C(F)(F)S(=O)(=O)S(=O)(=O)O. The summed E-state index contributed by atoms with van der Waals surface area (Å²) in [5.74, 6) is -2.41. The van der Waals surface area contributed by atoms with E-state index < -0.39 is 42.0 Å². The number of halogens is 2. The number of alkyl halides is 2. The van der Waals surface area contributed by atoms with Crippen molar-refractivity contribution in [1.29, 1.82) is 0 Å². The summed E-state index contributed by atoms with van der Waals surface area (Å²) in [5.41, 5.74) is 0. The van der Waals surface area contributed by atoms with Gasteiger partial charge in [-0.3, -0.25) is 9.35 Å². The molecule has 0 saturated carbocycles. The van der Waals surface area contributed by atoms with E-state index in [1.54, 1.807) is 0 Å². The standard InChI is InChI=1S/C6H9F2NO8S2/c7-6(8,18(11,12)19(13,14)15)5(10)9-3-4-16-1-2-17-4/h4H,1-3H2,(H,9,10)(H,13,14,15). The van der Waals surface area contributed by atoms with Gasteiger partial charge in [-0.05, 0) is 0 Å². The second-order valence-electron chi connectivity index (χ2n) is 3.28. The molecule has 13 heteroatoms. The van der Waals surface area contributed by atoms with Crippen LogP contribution in [0.1, 0.15) is 0 Å². The Balaban J connectivity index is 2.79. The van der Waals surface area contributed by atoms with E-state index in [2.05, 4.69) is 0 Å². The molecule has 0 aromatic heterocycles. The molecule has 0 spiro atoms. The van der Waals surface area contributed by atoms with Crippen LogP contribution in [0.3, 0.4) is 0 Å². The van der Waals surface area contributed by atoms with Crippen LogP contribution in [0.25, 0.3) is 0 Å². The van der Waals surface area contributed by atoms with Gasteiger partial charge < -0.3 is 14.8 Å². The third-order valence-electron chi connectivity index (χ3n) is 1.98. The molecule has 1 aliphatic rings. The van der Waals surface area contributed by atoms with Gasteiger partial charge in [-0.15, -0.1) is 0 Å². The lowest BCUT2D eigenvalue weighted by Crippen LogP contribution is -2.49. The maximum absolute atomic E-state index is 13.1. The molecule has 0 aromatic rings. The van der Waals surface area contributed by atoms with E-state index in [1.165, 1.54) is 5.32 Å². The first-order valence-corrected chi connectivity index (χ1v) is 8.05. The summed E-state index contributed by atoms with van der Waals surface area (Å²) < 4.78 is 86.3. The number of amides is 1. The Morgan fingerprint density at radius 3 is 2.16 bits per heavy atom. The van der Waals surface area contributed by atoms with Crippen LogP contribution in [-0.2, 0) is 32.3 Å². The minimum absolute atomic E-state index is 0.167. The Bertz CT molecular complexity index is 550. The van der Waals surface area contributed by atoms with Gasteiger partial charge in [0.15, 0.2) is 6.29 Å². The van der Waals surface area contributed by atoms with Crippen LogP contribution in [0, 0.1) is 0 Å². The number of hydrogen-bond donors (Lipinski definition) is 2. The van der Waals surface area contributed by atoms with Gasteiger partial charge in [-0.2, -0.15) is 17.2 Å². The van der Waals surface area contributed by atoms with E-state index in [0.717, 1.165) is 0 Å². The first-order valence-electron chi connectivity index (χ1n) is 4.61. The van der Waals surface area contributed by atoms with Crippen LogP contribution < -0.4 is 5.32 Å². The van der Waals surface area contributed by atoms with Gasteiger partial charge in [-0.1, -0.05) is 0 Å². The zero-order chi connectivity index (χ0) is 14.9. The maximum atomic E-state index is 13.1. The lowest BCUT2D eigenvalue weighted by Gasteiger charge is -2.16. The summed E-state index contributed by atoms with van der Waals surface area (Å²) in [5, 5.41) is -3.88. The molecule has 0 radical (unpaired) electrons. The van der Waals surface area contributed by atoms with Crippen molar-refractivity contribution in [2.24, 2.45) is 0 Å². The van der Waals surface area contributed by atoms with E-state index in [9.17, 15) is 30.4 Å². The molecule has 1 aliphatic heterocycles. The second kappa shape index (κ2) is 5.24. The molecule has 2 N–H and O–H groups in total. The molecule has 19 heavy (non-hydrogen) atoms. The molecule has 1 heterocycles. The van der Waals surface area contributed by atoms with Crippen molar-refractivity contribution in [1.82, 2.24) is 5.32 Å². The topological polar surface area (TPSA) is 136 Å². The fourth-order valence-electron chi connectivity index (χ4n) is 1.05. The average Bonchev–Trinajstić information content (AvgIpc) is 2.76. The summed E-state index contributed by atoms with van der Waals surface area (Å²) in [4.78, 5) is 11.0. The van der Waals surface area contributed by atoms with Crippen molar-refractivity contribution in [3.63, 3.8) is 0 Å². The third kappa shape index (κ3) is 3.17. The van der Waals surface area contributed by atoms with Gasteiger partial charge >= 0.3 is 29.2 Å². The number of hydrogen-bond acceptors (Lipinski definition) is 7. The molecule has 0 aromatic carbocycles. The summed E-state index contributed by atoms with van der Waals surface area (Å²) in [6.45, 7) is -0.268. The second-order valence-corrected chi connectivity index (χ2v) is 8.14. The average molecular weight is 325 g/mol. The minimum Gasteiger partial charge on any atom is -0.348 e. The van der Waals surface area contributed by atoms with Crippen molar-refractivity contribution < 1.29 is 44.4 Å². The van der Waals surface area contributed by atoms with Crippen molar-refractivity contribution >= 4 is 23.9 Å². The summed E-state index contributed by atoms with van der Waals surface area (Å²) in [6, 6.07) is 0. The van der Waals surface area contributed by atoms with E-state index >= 15 is 0 Å². The Labute approximate surface area is 105 Å². The zero-order valence-electron chi connectivity index (χ0n) is 9.08. The monoisotopic (exact) mass is 325 g/mol. The number of carbonyl (C=O) groups excluding carboxylic acids is 1. The lowest BCUT2D eigenvalue weighted by molar-refractivity contribution is -0.137. The van der Waals surface area contributed by atoms with Gasteiger partial charge in [0.05, 0.1) is 19.8 Å². The Morgan fingerprint density at radius 1 is 1.26 bits per heavy atom. The number of nitrogens with one attached hydrogen (secondary N) is 1. The fraction of sp³-hybridized carbons (Fsp3) is 0.833. The molecule has 0 aliphatic carbocycles. The van der Waals surface area contributed by atoms with E-state index in [0.29, 0.717) is 0 Å². The largest absolute Gasteiger partial charge is 0.438 e. The quantitative estimate of drug-likeness (QED) is 0.450. The van der Waals surface area contributed by atoms with Crippen molar-refractivity contribution in [2.75, 3.05) is 19.8 Å². The van der Waals surface area contributed by atoms with Crippen molar-refractivity contribution in [3.05, 3.63) is 0 Å². The van der Waals surface area contributed by atoms with Gasteiger partial charge in [0.2, 0.25) is 0 Å². The van der Waals surface area contributed by atoms with Gasteiger partial charge in [-0.25, -0.2) is 8.42 Å². The first kappa shape index (κ1) is 16.2. The van der Waals surface area contributed by atoms with Crippen LogP contribution in [-0.4, -0.2) is 58.6 Å². The van der Waals surface area contributed by atoms with E-state index in [4.69, 9.17) is 14.0 Å². The van der Waals surface area contributed by atoms with Crippen LogP contribution >= 0.6 is 0 Å². The Hall–Kier alpha value is -0.890. The zero-order valence-corrected chi connectivity index (χ0v) is 10.7. The molecule has 0 bridgehead atoms. The Morgan fingerprint density at radius 2 is 1.74 bits per heavy atom. The molecule has 1 saturated heterocycles. The van der Waals surface area contributed by atoms with Gasteiger partial charge in [0.25, 0.3) is 0 Å². The summed E-state index contributed by atoms with van der Waals surface area (Å²) >= 11 is 0. The van der Waals surface area contributed by atoms with Gasteiger partial charge in [0.1, 0.15) is 0 Å². The number of carbonyl (C=O) groups is 1. The van der Waals surface area contributed by atoms with Crippen LogP contribution in [0.15, 0.2) is 0 Å². The predicted octanol–water partition coefficient (Wildman–Crippen LogP) is -1.71. The van der Waals surface area contributed by atoms with Crippen molar-refractivity contribution in [2.45, 2.75) is 11.5 Å². The first-order chi connectivity index (χ1) is 8.50. The molecule has 0 unspecified atom stereocenters. The highest BCUT2D eigenvalue weighted by Crippen LogP contribution is 2.26. The third-order valence-corrected chi connectivity index (χ3v) is 5.64. The molecule has 1 rings (SSSR count). The van der Waals surface area contributed by atoms with Crippen LogP contribution in [0.2, 0.25) is 0 Å². The maximum Gasteiger partial charge on any atom is 0.438 e. The van der Waals surface area contributed by atoms with E-state index in [1.807, 2.05) is 0 Å². The fourth-order valence-corrected chi connectivity index (χ4v) is 2.63. The lowest BCUT2D eigenvalue weighted by atomic mass is 10.5. The molecule has 0 atom stereocenters. The Kier molecular flexibility index (Phi) is 4.46. The predicted molar refractivity (Wildman–Crippen MR) is 54.1 cm³/mol.